The van der Waals surface area contributed by atoms with E-state index >= 15 is 0 Å². The summed E-state index contributed by atoms with van der Waals surface area (Å²) < 4.78 is 0. The van der Waals surface area contributed by atoms with Crippen LogP contribution in [-0.4, -0.2) is 10.8 Å². The lowest BCUT2D eigenvalue weighted by Gasteiger charge is -2.24. The fraction of sp³-hybridized carbons (Fsp3) is 0.450. The Bertz CT molecular complexity index is 570. The first kappa shape index (κ1) is 19.0. The van der Waals surface area contributed by atoms with Gasteiger partial charge in [-0.1, -0.05) is 63.6 Å². The van der Waals surface area contributed by atoms with E-state index < -0.39 is 0 Å². The normalized spacial score (nSPS) is 18.0. The predicted molar refractivity (Wildman–Crippen MR) is 101 cm³/mol. The number of nitrogens with zero attached hydrogens (tertiary/aromatic N) is 2. The van der Waals surface area contributed by atoms with Gasteiger partial charge in [-0.25, -0.2) is 0 Å². The Morgan fingerprint density at radius 2 is 2.13 bits per heavy atom. The highest BCUT2D eigenvalue weighted by atomic mass is 15.5. The van der Waals surface area contributed by atoms with Gasteiger partial charge >= 0.3 is 0 Å². The SMILES string of the molecule is C/C=C\C=C(/C)N1N=C(N)CC1c1cccc(CCC)c1.CC. The Morgan fingerprint density at radius 3 is 2.78 bits per heavy atom. The molecule has 0 bridgehead atoms. The van der Waals surface area contributed by atoms with E-state index in [1.54, 1.807) is 0 Å². The van der Waals surface area contributed by atoms with E-state index in [0.717, 1.165) is 25.0 Å². The van der Waals surface area contributed by atoms with Crippen molar-refractivity contribution in [2.75, 3.05) is 0 Å². The van der Waals surface area contributed by atoms with E-state index in [9.17, 15) is 0 Å². The maximum atomic E-state index is 5.98. The van der Waals surface area contributed by atoms with Crippen LogP contribution in [0, 0.1) is 0 Å². The summed E-state index contributed by atoms with van der Waals surface area (Å²) in [4.78, 5) is 0. The fourth-order valence-electron chi connectivity index (χ4n) is 2.67. The third kappa shape index (κ3) is 5.27. The van der Waals surface area contributed by atoms with Gasteiger partial charge in [-0.05, 0) is 37.5 Å². The minimum absolute atomic E-state index is 0.211. The van der Waals surface area contributed by atoms with Crippen LogP contribution in [-0.2, 0) is 6.42 Å². The zero-order valence-corrected chi connectivity index (χ0v) is 15.2. The summed E-state index contributed by atoms with van der Waals surface area (Å²) >= 11 is 0. The molecular formula is C20H31N3. The average Bonchev–Trinajstić information content (AvgIpc) is 2.97. The summed E-state index contributed by atoms with van der Waals surface area (Å²) in [6, 6.07) is 9.01. The Kier molecular flexibility index (Phi) is 8.17. The molecule has 2 rings (SSSR count). The second-order valence-corrected chi connectivity index (χ2v) is 5.48. The molecule has 3 nitrogen and oxygen atoms in total. The van der Waals surface area contributed by atoms with Gasteiger partial charge in [-0.15, -0.1) is 0 Å². The van der Waals surface area contributed by atoms with Gasteiger partial charge in [0.1, 0.15) is 5.84 Å². The van der Waals surface area contributed by atoms with Crippen molar-refractivity contribution in [2.24, 2.45) is 10.8 Å². The molecule has 0 radical (unpaired) electrons. The molecule has 2 N–H and O–H groups in total. The highest BCUT2D eigenvalue weighted by Crippen LogP contribution is 2.33. The number of hydrazone groups is 1. The molecule has 0 saturated carbocycles. The highest BCUT2D eigenvalue weighted by molar-refractivity contribution is 5.82. The summed E-state index contributed by atoms with van der Waals surface area (Å²) in [6.07, 6.45) is 9.19. The van der Waals surface area contributed by atoms with Crippen molar-refractivity contribution in [2.45, 2.75) is 59.9 Å². The Balaban J connectivity index is 0.00000127. The topological polar surface area (TPSA) is 41.6 Å². The number of allylic oxidation sites excluding steroid dienone is 4. The quantitative estimate of drug-likeness (QED) is 0.762. The summed E-state index contributed by atoms with van der Waals surface area (Å²) in [5, 5.41) is 6.54. The molecule has 1 unspecified atom stereocenters. The van der Waals surface area contributed by atoms with E-state index in [4.69, 9.17) is 5.73 Å². The van der Waals surface area contributed by atoms with Crippen molar-refractivity contribution >= 4 is 5.84 Å². The summed E-state index contributed by atoms with van der Waals surface area (Å²) in [6.45, 7) is 10.3. The van der Waals surface area contributed by atoms with E-state index in [-0.39, 0.29) is 6.04 Å². The monoisotopic (exact) mass is 313 g/mol. The van der Waals surface area contributed by atoms with Crippen LogP contribution in [0.1, 0.15) is 64.6 Å². The lowest BCUT2D eigenvalue weighted by atomic mass is 9.99. The largest absolute Gasteiger partial charge is 0.386 e. The molecule has 0 spiro atoms. The van der Waals surface area contributed by atoms with Crippen molar-refractivity contribution in [1.29, 1.82) is 0 Å². The van der Waals surface area contributed by atoms with Crippen LogP contribution in [0.2, 0.25) is 0 Å². The van der Waals surface area contributed by atoms with Gasteiger partial charge in [-0.2, -0.15) is 5.10 Å². The van der Waals surface area contributed by atoms with Gasteiger partial charge < -0.3 is 5.73 Å². The van der Waals surface area contributed by atoms with Gasteiger partial charge in [0.15, 0.2) is 0 Å². The molecular weight excluding hydrogens is 282 g/mol. The molecule has 0 saturated heterocycles. The molecule has 126 valence electrons. The van der Waals surface area contributed by atoms with Crippen LogP contribution in [0.25, 0.3) is 0 Å². The molecule has 1 aliphatic heterocycles. The van der Waals surface area contributed by atoms with Gasteiger partial charge in [-0.3, -0.25) is 5.01 Å². The third-order valence-corrected chi connectivity index (χ3v) is 3.70. The van der Waals surface area contributed by atoms with Crippen LogP contribution < -0.4 is 5.73 Å². The molecule has 1 aromatic carbocycles. The van der Waals surface area contributed by atoms with Crippen LogP contribution in [0.4, 0.5) is 0 Å². The zero-order chi connectivity index (χ0) is 17.2. The average molecular weight is 313 g/mol. The van der Waals surface area contributed by atoms with E-state index in [0.29, 0.717) is 5.84 Å². The summed E-state index contributed by atoms with van der Waals surface area (Å²) in [5.41, 5.74) is 9.76. The number of aryl methyl sites for hydroxylation is 1. The second-order valence-electron chi connectivity index (χ2n) is 5.48. The van der Waals surface area contributed by atoms with Crippen LogP contribution >= 0.6 is 0 Å². The molecule has 0 amide bonds. The third-order valence-electron chi connectivity index (χ3n) is 3.70. The molecule has 1 aliphatic rings. The zero-order valence-electron chi connectivity index (χ0n) is 15.2. The van der Waals surface area contributed by atoms with Crippen molar-refractivity contribution in [3.63, 3.8) is 0 Å². The van der Waals surface area contributed by atoms with Crippen molar-refractivity contribution in [3.05, 3.63) is 59.3 Å². The lowest BCUT2D eigenvalue weighted by molar-refractivity contribution is 0.300. The predicted octanol–water partition coefficient (Wildman–Crippen LogP) is 5.16. The van der Waals surface area contributed by atoms with Crippen molar-refractivity contribution in [3.8, 4) is 0 Å². The fourth-order valence-corrected chi connectivity index (χ4v) is 2.67. The first-order chi connectivity index (χ1) is 11.2. The van der Waals surface area contributed by atoms with Crippen LogP contribution in [0.5, 0.6) is 0 Å². The Hall–Kier alpha value is -2.03. The molecule has 1 aromatic rings. The summed E-state index contributed by atoms with van der Waals surface area (Å²) in [7, 11) is 0. The molecule has 1 atom stereocenters. The molecule has 0 fully saturated rings. The van der Waals surface area contributed by atoms with Crippen molar-refractivity contribution < 1.29 is 0 Å². The van der Waals surface area contributed by atoms with E-state index in [1.807, 2.05) is 37.9 Å². The number of nitrogens with two attached hydrogens (primary N) is 1. The smallest absolute Gasteiger partial charge is 0.122 e. The number of benzene rings is 1. The lowest BCUT2D eigenvalue weighted by Crippen LogP contribution is -2.17. The maximum absolute atomic E-state index is 5.98. The minimum Gasteiger partial charge on any atom is -0.386 e. The van der Waals surface area contributed by atoms with Crippen LogP contribution in [0.15, 0.2) is 53.3 Å². The number of hydrogen-bond acceptors (Lipinski definition) is 3. The highest BCUT2D eigenvalue weighted by Gasteiger charge is 2.27. The maximum Gasteiger partial charge on any atom is 0.122 e. The minimum atomic E-state index is 0.211. The van der Waals surface area contributed by atoms with Crippen LogP contribution in [0.3, 0.4) is 0 Å². The molecule has 0 aromatic heterocycles. The Morgan fingerprint density at radius 1 is 1.39 bits per heavy atom. The van der Waals surface area contributed by atoms with E-state index in [1.165, 1.54) is 11.1 Å². The van der Waals surface area contributed by atoms with Gasteiger partial charge in [0.2, 0.25) is 0 Å². The molecule has 3 heteroatoms. The van der Waals surface area contributed by atoms with Crippen molar-refractivity contribution in [1.82, 2.24) is 5.01 Å². The van der Waals surface area contributed by atoms with Gasteiger partial charge in [0.25, 0.3) is 0 Å². The molecule has 1 heterocycles. The first-order valence-electron chi connectivity index (χ1n) is 8.66. The number of hydrogen-bond donors (Lipinski definition) is 1. The molecule has 0 aliphatic carbocycles. The number of amidine groups is 1. The van der Waals surface area contributed by atoms with Gasteiger partial charge in [0, 0.05) is 12.1 Å². The standard InChI is InChI=1S/C18H25N3.C2H6/c1-4-6-9-14(3)21-17(13-18(19)20-21)16-11-7-10-15(12-16)8-5-2;1-2/h4,6-7,9-12,17H,5,8,13H2,1-3H3,(H2,19,20);1-2H3/b6-4-,14-9+;. The Labute approximate surface area is 141 Å². The summed E-state index contributed by atoms with van der Waals surface area (Å²) in [5.74, 6) is 0.703. The first-order valence-corrected chi connectivity index (χ1v) is 8.66. The number of rotatable bonds is 5. The van der Waals surface area contributed by atoms with E-state index in [2.05, 4.69) is 49.3 Å². The second kappa shape index (κ2) is 9.88. The van der Waals surface area contributed by atoms with Gasteiger partial charge in [0.05, 0.1) is 6.04 Å². The molecule has 23 heavy (non-hydrogen) atoms.